The van der Waals surface area contributed by atoms with Gasteiger partial charge in [0.05, 0.1) is 25.3 Å². The van der Waals surface area contributed by atoms with Gasteiger partial charge in [-0.25, -0.2) is 9.97 Å². The van der Waals surface area contributed by atoms with E-state index in [0.29, 0.717) is 26.1 Å². The Morgan fingerprint density at radius 1 is 1.39 bits per heavy atom. The van der Waals surface area contributed by atoms with Crippen LogP contribution < -0.4 is 0 Å². The molecule has 0 aromatic carbocycles. The van der Waals surface area contributed by atoms with Gasteiger partial charge in [0.15, 0.2) is 0 Å². The van der Waals surface area contributed by atoms with E-state index in [2.05, 4.69) is 15.0 Å². The molecule has 0 aliphatic carbocycles. The van der Waals surface area contributed by atoms with Crippen molar-refractivity contribution in [2.75, 3.05) is 19.7 Å². The van der Waals surface area contributed by atoms with Crippen molar-refractivity contribution in [2.24, 2.45) is 0 Å². The number of morpholine rings is 1. The summed E-state index contributed by atoms with van der Waals surface area (Å²) in [5.41, 5.74) is 2.68. The first-order chi connectivity index (χ1) is 11.1. The molecule has 2 aromatic rings. The molecule has 1 amide bonds. The van der Waals surface area contributed by atoms with Gasteiger partial charge < -0.3 is 9.64 Å². The van der Waals surface area contributed by atoms with Crippen molar-refractivity contribution in [3.63, 3.8) is 0 Å². The second-order valence-electron chi connectivity index (χ2n) is 5.72. The number of nitrogens with zero attached hydrogens (tertiary/aromatic N) is 4. The van der Waals surface area contributed by atoms with Crippen LogP contribution in [0.15, 0.2) is 30.6 Å². The van der Waals surface area contributed by atoms with E-state index >= 15 is 0 Å². The summed E-state index contributed by atoms with van der Waals surface area (Å²) < 4.78 is 5.81. The Hall–Kier alpha value is -2.34. The molecule has 0 radical (unpaired) electrons. The van der Waals surface area contributed by atoms with Gasteiger partial charge in [-0.3, -0.25) is 9.78 Å². The number of hydrogen-bond acceptors (Lipinski definition) is 5. The van der Waals surface area contributed by atoms with Crippen LogP contribution in [-0.2, 0) is 16.0 Å². The fraction of sp³-hybridized carbons (Fsp3) is 0.412. The molecule has 0 N–H and O–H groups in total. The molecular weight excluding hydrogens is 292 g/mol. The minimum Gasteiger partial charge on any atom is -0.368 e. The standard InChI is InChI=1S/C17H20N4O2/c1-12-8-15(20-13(2)19-12)16-11-21(6-7-23-16)17(22)9-14-4-3-5-18-10-14/h3-5,8,10,16H,6-7,9,11H2,1-2H3/t16-/m0/s1. The lowest BCUT2D eigenvalue weighted by molar-refractivity contribution is -0.138. The van der Waals surface area contributed by atoms with Gasteiger partial charge in [-0.15, -0.1) is 0 Å². The van der Waals surface area contributed by atoms with E-state index in [1.54, 1.807) is 12.4 Å². The van der Waals surface area contributed by atoms with Gasteiger partial charge >= 0.3 is 0 Å². The van der Waals surface area contributed by atoms with Crippen LogP contribution in [0.25, 0.3) is 0 Å². The van der Waals surface area contributed by atoms with Crippen LogP contribution in [0.1, 0.15) is 28.9 Å². The molecule has 0 unspecified atom stereocenters. The van der Waals surface area contributed by atoms with Crippen molar-refractivity contribution in [1.82, 2.24) is 19.9 Å². The zero-order chi connectivity index (χ0) is 16.2. The predicted octanol–water partition coefficient (Wildman–Crippen LogP) is 1.63. The third-order valence-electron chi connectivity index (χ3n) is 3.81. The molecule has 2 aromatic heterocycles. The Balaban J connectivity index is 1.69. The first kappa shape index (κ1) is 15.6. The van der Waals surface area contributed by atoms with Gasteiger partial charge in [0.2, 0.25) is 5.91 Å². The quantitative estimate of drug-likeness (QED) is 0.861. The average Bonchev–Trinajstić information content (AvgIpc) is 2.55. The van der Waals surface area contributed by atoms with Crippen molar-refractivity contribution < 1.29 is 9.53 Å². The van der Waals surface area contributed by atoms with Crippen molar-refractivity contribution >= 4 is 5.91 Å². The molecule has 0 spiro atoms. The Labute approximate surface area is 135 Å². The first-order valence-corrected chi connectivity index (χ1v) is 7.72. The van der Waals surface area contributed by atoms with Crippen molar-refractivity contribution in [3.05, 3.63) is 53.4 Å². The van der Waals surface area contributed by atoms with Gasteiger partial charge in [-0.2, -0.15) is 0 Å². The lowest BCUT2D eigenvalue weighted by Gasteiger charge is -2.33. The topological polar surface area (TPSA) is 68.2 Å². The summed E-state index contributed by atoms with van der Waals surface area (Å²) in [6.07, 6.45) is 3.61. The third kappa shape index (κ3) is 3.90. The monoisotopic (exact) mass is 312 g/mol. The number of carbonyl (C=O) groups is 1. The molecule has 1 aliphatic rings. The zero-order valence-corrected chi connectivity index (χ0v) is 13.4. The van der Waals surface area contributed by atoms with E-state index in [1.165, 1.54) is 0 Å². The van der Waals surface area contributed by atoms with Gasteiger partial charge in [0.25, 0.3) is 0 Å². The Kier molecular flexibility index (Phi) is 4.62. The Morgan fingerprint density at radius 2 is 2.26 bits per heavy atom. The maximum absolute atomic E-state index is 12.5. The van der Waals surface area contributed by atoms with Crippen LogP contribution in [0, 0.1) is 13.8 Å². The van der Waals surface area contributed by atoms with Gasteiger partial charge in [-0.05, 0) is 31.5 Å². The molecule has 1 atom stereocenters. The first-order valence-electron chi connectivity index (χ1n) is 7.72. The van der Waals surface area contributed by atoms with Gasteiger partial charge in [0, 0.05) is 24.6 Å². The summed E-state index contributed by atoms with van der Waals surface area (Å²) in [4.78, 5) is 27.1. The highest BCUT2D eigenvalue weighted by molar-refractivity contribution is 5.78. The number of pyridine rings is 1. The summed E-state index contributed by atoms with van der Waals surface area (Å²) >= 11 is 0. The minimum atomic E-state index is -0.193. The normalized spacial score (nSPS) is 18.0. The Morgan fingerprint density at radius 3 is 3.00 bits per heavy atom. The highest BCUT2D eigenvalue weighted by Crippen LogP contribution is 2.21. The fourth-order valence-corrected chi connectivity index (χ4v) is 2.75. The lowest BCUT2D eigenvalue weighted by atomic mass is 10.1. The van der Waals surface area contributed by atoms with E-state index in [9.17, 15) is 4.79 Å². The van der Waals surface area contributed by atoms with E-state index in [-0.39, 0.29) is 12.0 Å². The van der Waals surface area contributed by atoms with Crippen LogP contribution in [0.3, 0.4) is 0 Å². The van der Waals surface area contributed by atoms with Crippen molar-refractivity contribution in [3.8, 4) is 0 Å². The number of rotatable bonds is 3. The third-order valence-corrected chi connectivity index (χ3v) is 3.81. The smallest absolute Gasteiger partial charge is 0.227 e. The SMILES string of the molecule is Cc1cc([C@@H]2CN(C(=O)Cc3cccnc3)CCO2)nc(C)n1. The van der Waals surface area contributed by atoms with Gasteiger partial charge in [0.1, 0.15) is 11.9 Å². The molecule has 0 saturated carbocycles. The molecule has 6 heteroatoms. The molecule has 1 fully saturated rings. The summed E-state index contributed by atoms with van der Waals surface area (Å²) in [5, 5.41) is 0. The highest BCUT2D eigenvalue weighted by Gasteiger charge is 2.26. The van der Waals surface area contributed by atoms with Crippen LogP contribution in [0.2, 0.25) is 0 Å². The zero-order valence-electron chi connectivity index (χ0n) is 13.4. The molecule has 3 heterocycles. The maximum atomic E-state index is 12.5. The number of aryl methyl sites for hydroxylation is 2. The second-order valence-corrected chi connectivity index (χ2v) is 5.72. The highest BCUT2D eigenvalue weighted by atomic mass is 16.5. The number of carbonyl (C=O) groups excluding carboxylic acids is 1. The van der Waals surface area contributed by atoms with Crippen LogP contribution in [0.4, 0.5) is 0 Å². The molecule has 1 aliphatic heterocycles. The van der Waals surface area contributed by atoms with Crippen LogP contribution in [0.5, 0.6) is 0 Å². The van der Waals surface area contributed by atoms with Crippen molar-refractivity contribution in [2.45, 2.75) is 26.4 Å². The number of amides is 1. The molecular formula is C17H20N4O2. The lowest BCUT2D eigenvalue weighted by Crippen LogP contribution is -2.43. The molecule has 3 rings (SSSR count). The number of aromatic nitrogens is 3. The Bertz CT molecular complexity index is 670. The molecule has 0 bridgehead atoms. The average molecular weight is 312 g/mol. The molecule has 120 valence electrons. The van der Waals surface area contributed by atoms with E-state index in [0.717, 1.165) is 22.8 Å². The fourth-order valence-electron chi connectivity index (χ4n) is 2.75. The van der Waals surface area contributed by atoms with E-state index in [1.807, 2.05) is 36.9 Å². The molecule has 1 saturated heterocycles. The van der Waals surface area contributed by atoms with E-state index < -0.39 is 0 Å². The second kappa shape index (κ2) is 6.83. The van der Waals surface area contributed by atoms with Crippen LogP contribution >= 0.6 is 0 Å². The molecule has 6 nitrogen and oxygen atoms in total. The summed E-state index contributed by atoms with van der Waals surface area (Å²) in [5.74, 6) is 0.816. The number of hydrogen-bond donors (Lipinski definition) is 0. The van der Waals surface area contributed by atoms with Gasteiger partial charge in [-0.1, -0.05) is 6.07 Å². The summed E-state index contributed by atoms with van der Waals surface area (Å²) in [6, 6.07) is 5.68. The summed E-state index contributed by atoms with van der Waals surface area (Å²) in [6.45, 7) is 5.45. The largest absolute Gasteiger partial charge is 0.368 e. The van der Waals surface area contributed by atoms with Crippen LogP contribution in [-0.4, -0.2) is 45.5 Å². The van der Waals surface area contributed by atoms with E-state index in [4.69, 9.17) is 4.74 Å². The summed E-state index contributed by atoms with van der Waals surface area (Å²) in [7, 11) is 0. The predicted molar refractivity (Wildman–Crippen MR) is 84.7 cm³/mol. The molecule has 23 heavy (non-hydrogen) atoms. The minimum absolute atomic E-state index is 0.0915. The number of ether oxygens (including phenoxy) is 1. The van der Waals surface area contributed by atoms with Crippen molar-refractivity contribution in [1.29, 1.82) is 0 Å². The maximum Gasteiger partial charge on any atom is 0.227 e.